The Hall–Kier alpha value is -4.20. The van der Waals surface area contributed by atoms with Crippen LogP contribution in [0.4, 0.5) is 0 Å². The molecule has 0 atom stereocenters. The lowest BCUT2D eigenvalue weighted by Crippen LogP contribution is -2.02. The summed E-state index contributed by atoms with van der Waals surface area (Å²) >= 11 is 0. The van der Waals surface area contributed by atoms with Crippen molar-refractivity contribution >= 4 is 11.9 Å². The number of benzene rings is 3. The van der Waals surface area contributed by atoms with Gasteiger partial charge in [0.25, 0.3) is 0 Å². The van der Waals surface area contributed by atoms with Gasteiger partial charge in [-0.05, 0) is 35.4 Å². The van der Waals surface area contributed by atoms with E-state index in [1.165, 1.54) is 21.1 Å². The number of hydrogen-bond acceptors (Lipinski definition) is 7. The molecule has 3 aromatic carbocycles. The van der Waals surface area contributed by atoms with Crippen LogP contribution in [0.1, 0.15) is 18.1 Å². The number of rotatable bonds is 9. The third-order valence-corrected chi connectivity index (χ3v) is 4.44. The van der Waals surface area contributed by atoms with Crippen molar-refractivity contribution in [2.24, 2.45) is 0 Å². The first-order valence-electron chi connectivity index (χ1n) is 10.3. The summed E-state index contributed by atoms with van der Waals surface area (Å²) in [7, 11) is 4.61. The average Bonchev–Trinajstić information content (AvgIpc) is 2.83. The lowest BCUT2D eigenvalue weighted by atomic mass is 10.1. The fourth-order valence-electron chi connectivity index (χ4n) is 2.90. The molecule has 8 nitrogen and oxygen atoms in total. The SMILES string of the molecule is COc1cc(CC(=O)O)ccc1OCc1ccccc1.COc1ccc(OC(C)=O)cc1OC. The monoisotopic (exact) mass is 468 g/mol. The molecule has 0 aromatic heterocycles. The van der Waals surface area contributed by atoms with Crippen molar-refractivity contribution in [3.8, 4) is 28.7 Å². The summed E-state index contributed by atoms with van der Waals surface area (Å²) < 4.78 is 25.9. The number of aliphatic carboxylic acids is 1. The molecule has 0 unspecified atom stereocenters. The van der Waals surface area contributed by atoms with Gasteiger partial charge in [-0.1, -0.05) is 36.4 Å². The van der Waals surface area contributed by atoms with E-state index in [2.05, 4.69) is 0 Å². The molecular weight excluding hydrogens is 440 g/mol. The molecule has 0 saturated heterocycles. The van der Waals surface area contributed by atoms with Gasteiger partial charge >= 0.3 is 11.9 Å². The number of esters is 1. The van der Waals surface area contributed by atoms with Crippen LogP contribution in [-0.2, 0) is 22.6 Å². The molecule has 0 heterocycles. The number of ether oxygens (including phenoxy) is 5. The van der Waals surface area contributed by atoms with Crippen LogP contribution in [0, 0.1) is 0 Å². The first-order valence-corrected chi connectivity index (χ1v) is 10.3. The van der Waals surface area contributed by atoms with Crippen LogP contribution in [0.25, 0.3) is 0 Å². The van der Waals surface area contributed by atoms with Crippen molar-refractivity contribution in [1.82, 2.24) is 0 Å². The Labute approximate surface area is 198 Å². The van der Waals surface area contributed by atoms with E-state index < -0.39 is 5.97 Å². The zero-order valence-electron chi connectivity index (χ0n) is 19.6. The highest BCUT2D eigenvalue weighted by Gasteiger charge is 2.09. The zero-order valence-corrected chi connectivity index (χ0v) is 19.6. The third kappa shape index (κ3) is 8.38. The highest BCUT2D eigenvalue weighted by Crippen LogP contribution is 2.31. The lowest BCUT2D eigenvalue weighted by Gasteiger charge is -2.11. The first kappa shape index (κ1) is 26.1. The van der Waals surface area contributed by atoms with Gasteiger partial charge < -0.3 is 28.8 Å². The molecule has 3 aromatic rings. The van der Waals surface area contributed by atoms with Crippen molar-refractivity contribution in [1.29, 1.82) is 0 Å². The molecule has 0 amide bonds. The molecular formula is C26H28O8. The lowest BCUT2D eigenvalue weighted by molar-refractivity contribution is -0.136. The first-order chi connectivity index (χ1) is 16.4. The summed E-state index contributed by atoms with van der Waals surface area (Å²) in [6, 6.07) is 19.9. The average molecular weight is 469 g/mol. The molecule has 0 fully saturated rings. The van der Waals surface area contributed by atoms with Crippen LogP contribution in [0.15, 0.2) is 66.7 Å². The molecule has 0 aliphatic rings. The Morgan fingerprint density at radius 3 is 1.94 bits per heavy atom. The number of carbonyl (C=O) groups is 2. The van der Waals surface area contributed by atoms with Crippen LogP contribution >= 0.6 is 0 Å². The quantitative estimate of drug-likeness (QED) is 0.361. The van der Waals surface area contributed by atoms with Crippen LogP contribution < -0.4 is 23.7 Å². The molecule has 1 N–H and O–H groups in total. The Kier molecular flexibility index (Phi) is 10.2. The minimum absolute atomic E-state index is 0.0324. The van der Waals surface area contributed by atoms with Gasteiger partial charge in [-0.15, -0.1) is 0 Å². The Balaban J connectivity index is 0.000000257. The van der Waals surface area contributed by atoms with E-state index in [9.17, 15) is 9.59 Å². The van der Waals surface area contributed by atoms with E-state index in [0.717, 1.165) is 5.56 Å². The number of hydrogen-bond donors (Lipinski definition) is 1. The van der Waals surface area contributed by atoms with Crippen molar-refractivity contribution in [2.75, 3.05) is 21.3 Å². The maximum absolute atomic E-state index is 10.7. The van der Waals surface area contributed by atoms with Gasteiger partial charge in [0.05, 0.1) is 27.8 Å². The molecule has 0 spiro atoms. The Morgan fingerprint density at radius 1 is 0.735 bits per heavy atom. The van der Waals surface area contributed by atoms with Gasteiger partial charge in [0.15, 0.2) is 23.0 Å². The Morgan fingerprint density at radius 2 is 1.35 bits per heavy atom. The molecule has 0 saturated carbocycles. The standard InChI is InChI=1S/C16H16O4.C10H12O4/c1-19-15-9-13(10-16(17)18)7-8-14(15)20-11-12-5-3-2-4-6-12;1-7(11)14-8-4-5-9(12-2)10(6-8)13-3/h2-9H,10-11H2,1H3,(H,17,18);4-6H,1-3H3. The second-order valence-electron chi connectivity index (χ2n) is 6.94. The molecule has 34 heavy (non-hydrogen) atoms. The maximum Gasteiger partial charge on any atom is 0.308 e. The maximum atomic E-state index is 10.7. The van der Waals surface area contributed by atoms with Crippen molar-refractivity contribution in [3.05, 3.63) is 77.9 Å². The van der Waals surface area contributed by atoms with Gasteiger partial charge in [0.2, 0.25) is 0 Å². The fraction of sp³-hybridized carbons (Fsp3) is 0.231. The Bertz CT molecular complexity index is 1080. The van der Waals surface area contributed by atoms with Gasteiger partial charge in [-0.25, -0.2) is 0 Å². The molecule has 0 bridgehead atoms. The minimum atomic E-state index is -0.870. The molecule has 0 radical (unpaired) electrons. The topological polar surface area (TPSA) is 101 Å². The van der Waals surface area contributed by atoms with E-state index in [0.29, 0.717) is 40.9 Å². The van der Waals surface area contributed by atoms with Crippen LogP contribution in [0.5, 0.6) is 28.7 Å². The molecule has 0 aliphatic heterocycles. The fourth-order valence-corrected chi connectivity index (χ4v) is 2.90. The number of carboxylic acid groups (broad SMARTS) is 1. The van der Waals surface area contributed by atoms with Gasteiger partial charge in [0, 0.05) is 13.0 Å². The number of carbonyl (C=O) groups excluding carboxylic acids is 1. The van der Waals surface area contributed by atoms with Gasteiger partial charge in [-0.2, -0.15) is 0 Å². The summed E-state index contributed by atoms with van der Waals surface area (Å²) in [5.74, 6) is 1.48. The van der Waals surface area contributed by atoms with E-state index in [1.54, 1.807) is 43.5 Å². The zero-order chi connectivity index (χ0) is 24.9. The minimum Gasteiger partial charge on any atom is -0.493 e. The number of carboxylic acids is 1. The van der Waals surface area contributed by atoms with Crippen molar-refractivity contribution in [2.45, 2.75) is 20.0 Å². The largest absolute Gasteiger partial charge is 0.493 e. The second kappa shape index (κ2) is 13.4. The summed E-state index contributed by atoms with van der Waals surface area (Å²) in [5, 5.41) is 8.78. The van der Waals surface area contributed by atoms with Gasteiger partial charge in [0.1, 0.15) is 12.4 Å². The molecule has 8 heteroatoms. The smallest absolute Gasteiger partial charge is 0.308 e. The highest BCUT2D eigenvalue weighted by molar-refractivity contribution is 5.70. The second-order valence-corrected chi connectivity index (χ2v) is 6.94. The van der Waals surface area contributed by atoms with E-state index in [-0.39, 0.29) is 12.4 Å². The number of methoxy groups -OCH3 is 3. The summed E-state index contributed by atoms with van der Waals surface area (Å²) in [6.07, 6.45) is -0.0324. The summed E-state index contributed by atoms with van der Waals surface area (Å²) in [4.78, 5) is 21.4. The highest BCUT2D eigenvalue weighted by atomic mass is 16.5. The predicted octanol–water partition coefficient (Wildman–Crippen LogP) is 4.53. The van der Waals surface area contributed by atoms with Crippen molar-refractivity contribution in [3.63, 3.8) is 0 Å². The predicted molar refractivity (Wildman–Crippen MR) is 126 cm³/mol. The van der Waals surface area contributed by atoms with E-state index in [1.807, 2.05) is 30.3 Å². The van der Waals surface area contributed by atoms with Crippen molar-refractivity contribution < 1.29 is 38.4 Å². The van der Waals surface area contributed by atoms with E-state index in [4.69, 9.17) is 28.8 Å². The van der Waals surface area contributed by atoms with Crippen LogP contribution in [0.2, 0.25) is 0 Å². The van der Waals surface area contributed by atoms with Gasteiger partial charge in [-0.3, -0.25) is 9.59 Å². The molecule has 180 valence electrons. The summed E-state index contributed by atoms with van der Waals surface area (Å²) in [6.45, 7) is 1.78. The van der Waals surface area contributed by atoms with Crippen LogP contribution in [-0.4, -0.2) is 38.4 Å². The molecule has 0 aliphatic carbocycles. The molecule has 3 rings (SSSR count). The normalized spacial score (nSPS) is 9.76. The van der Waals surface area contributed by atoms with Crippen LogP contribution in [0.3, 0.4) is 0 Å². The van der Waals surface area contributed by atoms with E-state index >= 15 is 0 Å². The summed E-state index contributed by atoms with van der Waals surface area (Å²) in [5.41, 5.74) is 1.74. The third-order valence-electron chi connectivity index (χ3n) is 4.44.